The SMILES string of the molecule is CCOC(Cn1nc(C)nc1C)OCC. The second-order valence-corrected chi connectivity index (χ2v) is 3.23. The van der Waals surface area contributed by atoms with Crippen LogP contribution in [0.25, 0.3) is 0 Å². The van der Waals surface area contributed by atoms with E-state index in [1.807, 2.05) is 32.4 Å². The summed E-state index contributed by atoms with van der Waals surface area (Å²) in [7, 11) is 0. The van der Waals surface area contributed by atoms with Crippen LogP contribution in [0.15, 0.2) is 0 Å². The molecular formula is C10H19N3O2. The molecule has 0 bridgehead atoms. The molecule has 0 aliphatic rings. The van der Waals surface area contributed by atoms with Crippen molar-refractivity contribution in [2.75, 3.05) is 13.2 Å². The van der Waals surface area contributed by atoms with E-state index in [0.29, 0.717) is 19.8 Å². The van der Waals surface area contributed by atoms with Crippen LogP contribution in [0.3, 0.4) is 0 Å². The summed E-state index contributed by atoms with van der Waals surface area (Å²) in [5.74, 6) is 1.66. The molecule has 1 heterocycles. The Morgan fingerprint density at radius 3 is 2.20 bits per heavy atom. The zero-order valence-corrected chi connectivity index (χ0v) is 9.86. The predicted molar refractivity (Wildman–Crippen MR) is 56.5 cm³/mol. The average molecular weight is 213 g/mol. The van der Waals surface area contributed by atoms with E-state index in [9.17, 15) is 0 Å². The summed E-state index contributed by atoms with van der Waals surface area (Å²) in [6.07, 6.45) is -0.236. The molecule has 0 aromatic carbocycles. The van der Waals surface area contributed by atoms with Gasteiger partial charge in [-0.05, 0) is 27.7 Å². The highest BCUT2D eigenvalue weighted by atomic mass is 16.7. The first-order chi connectivity index (χ1) is 7.17. The van der Waals surface area contributed by atoms with E-state index in [1.165, 1.54) is 0 Å². The van der Waals surface area contributed by atoms with Gasteiger partial charge in [0.15, 0.2) is 6.29 Å². The third kappa shape index (κ3) is 3.60. The Bertz CT molecular complexity index is 293. The molecule has 15 heavy (non-hydrogen) atoms. The summed E-state index contributed by atoms with van der Waals surface area (Å²) >= 11 is 0. The van der Waals surface area contributed by atoms with Crippen molar-refractivity contribution in [1.82, 2.24) is 14.8 Å². The molecule has 0 saturated carbocycles. The molecule has 5 nitrogen and oxygen atoms in total. The molecule has 0 saturated heterocycles. The second-order valence-electron chi connectivity index (χ2n) is 3.23. The van der Waals surface area contributed by atoms with E-state index < -0.39 is 0 Å². The molecular weight excluding hydrogens is 194 g/mol. The van der Waals surface area contributed by atoms with Gasteiger partial charge < -0.3 is 9.47 Å². The molecule has 0 aliphatic heterocycles. The maximum Gasteiger partial charge on any atom is 0.177 e. The highest BCUT2D eigenvalue weighted by Crippen LogP contribution is 2.02. The van der Waals surface area contributed by atoms with Crippen LogP contribution in [0.2, 0.25) is 0 Å². The van der Waals surface area contributed by atoms with Crippen LogP contribution in [-0.2, 0) is 16.0 Å². The van der Waals surface area contributed by atoms with Gasteiger partial charge in [-0.15, -0.1) is 0 Å². The van der Waals surface area contributed by atoms with Crippen molar-refractivity contribution in [3.8, 4) is 0 Å². The molecule has 0 fully saturated rings. The Morgan fingerprint density at radius 2 is 1.80 bits per heavy atom. The van der Waals surface area contributed by atoms with Gasteiger partial charge in [0.25, 0.3) is 0 Å². The first kappa shape index (κ1) is 12.1. The molecule has 1 aromatic heterocycles. The van der Waals surface area contributed by atoms with Gasteiger partial charge >= 0.3 is 0 Å². The molecule has 1 aromatic rings. The highest BCUT2D eigenvalue weighted by Gasteiger charge is 2.11. The van der Waals surface area contributed by atoms with Gasteiger partial charge in [-0.25, -0.2) is 9.67 Å². The van der Waals surface area contributed by atoms with E-state index in [-0.39, 0.29) is 6.29 Å². The molecule has 0 N–H and O–H groups in total. The van der Waals surface area contributed by atoms with Gasteiger partial charge in [0.05, 0.1) is 6.54 Å². The van der Waals surface area contributed by atoms with Gasteiger partial charge in [-0.3, -0.25) is 0 Å². The molecule has 5 heteroatoms. The minimum atomic E-state index is -0.236. The molecule has 0 atom stereocenters. The topological polar surface area (TPSA) is 49.2 Å². The zero-order valence-electron chi connectivity index (χ0n) is 9.86. The van der Waals surface area contributed by atoms with E-state index in [1.54, 1.807) is 0 Å². The number of nitrogens with zero attached hydrogens (tertiary/aromatic N) is 3. The predicted octanol–water partition coefficient (Wildman–Crippen LogP) is 1.29. The number of hydrogen-bond acceptors (Lipinski definition) is 4. The highest BCUT2D eigenvalue weighted by molar-refractivity contribution is 4.87. The normalized spacial score (nSPS) is 11.3. The number of rotatable bonds is 6. The fourth-order valence-corrected chi connectivity index (χ4v) is 1.40. The van der Waals surface area contributed by atoms with Gasteiger partial charge in [0.2, 0.25) is 0 Å². The Balaban J connectivity index is 2.60. The minimum Gasteiger partial charge on any atom is -0.351 e. The monoisotopic (exact) mass is 213 g/mol. The van der Waals surface area contributed by atoms with Crippen LogP contribution >= 0.6 is 0 Å². The summed E-state index contributed by atoms with van der Waals surface area (Å²) in [6.45, 7) is 9.56. The van der Waals surface area contributed by atoms with Crippen molar-refractivity contribution in [2.45, 2.75) is 40.5 Å². The van der Waals surface area contributed by atoms with Crippen LogP contribution in [0.4, 0.5) is 0 Å². The quantitative estimate of drug-likeness (QED) is 0.668. The lowest BCUT2D eigenvalue weighted by molar-refractivity contribution is -0.145. The number of hydrogen-bond donors (Lipinski definition) is 0. The summed E-state index contributed by atoms with van der Waals surface area (Å²) in [4.78, 5) is 4.23. The third-order valence-corrected chi connectivity index (χ3v) is 1.99. The Labute approximate surface area is 90.4 Å². The maximum absolute atomic E-state index is 5.44. The van der Waals surface area contributed by atoms with Crippen molar-refractivity contribution in [1.29, 1.82) is 0 Å². The summed E-state index contributed by atoms with van der Waals surface area (Å²) < 4.78 is 12.7. The smallest absolute Gasteiger partial charge is 0.177 e. The molecule has 0 aliphatic carbocycles. The lowest BCUT2D eigenvalue weighted by Crippen LogP contribution is -2.25. The van der Waals surface area contributed by atoms with E-state index in [0.717, 1.165) is 11.6 Å². The minimum absolute atomic E-state index is 0.236. The second kappa shape index (κ2) is 5.82. The lowest BCUT2D eigenvalue weighted by Gasteiger charge is -2.16. The number of ether oxygens (including phenoxy) is 2. The molecule has 86 valence electrons. The van der Waals surface area contributed by atoms with Crippen LogP contribution in [0.1, 0.15) is 25.5 Å². The van der Waals surface area contributed by atoms with Gasteiger partial charge in [0.1, 0.15) is 11.6 Å². The van der Waals surface area contributed by atoms with E-state index in [2.05, 4.69) is 10.1 Å². The van der Waals surface area contributed by atoms with Crippen molar-refractivity contribution in [2.24, 2.45) is 0 Å². The molecule has 0 unspecified atom stereocenters. The molecule has 0 amide bonds. The molecule has 0 spiro atoms. The fraction of sp³-hybridized carbons (Fsp3) is 0.800. The third-order valence-electron chi connectivity index (χ3n) is 1.99. The number of aryl methyl sites for hydroxylation is 2. The first-order valence-corrected chi connectivity index (χ1v) is 5.28. The summed E-state index contributed by atoms with van der Waals surface area (Å²) in [6, 6.07) is 0. The molecule has 0 radical (unpaired) electrons. The van der Waals surface area contributed by atoms with Gasteiger partial charge in [-0.1, -0.05) is 0 Å². The van der Waals surface area contributed by atoms with Crippen molar-refractivity contribution >= 4 is 0 Å². The van der Waals surface area contributed by atoms with Crippen LogP contribution in [0.5, 0.6) is 0 Å². The lowest BCUT2D eigenvalue weighted by atomic mass is 10.5. The van der Waals surface area contributed by atoms with Crippen molar-refractivity contribution in [3.05, 3.63) is 11.6 Å². The van der Waals surface area contributed by atoms with Crippen molar-refractivity contribution < 1.29 is 9.47 Å². The standard InChI is InChI=1S/C10H19N3O2/c1-5-14-10(15-6-2)7-13-9(4)11-8(3)12-13/h10H,5-7H2,1-4H3. The van der Waals surface area contributed by atoms with Crippen molar-refractivity contribution in [3.63, 3.8) is 0 Å². The average Bonchev–Trinajstić information content (AvgIpc) is 2.46. The van der Waals surface area contributed by atoms with Crippen LogP contribution in [0, 0.1) is 13.8 Å². The molecule has 1 rings (SSSR count). The first-order valence-electron chi connectivity index (χ1n) is 5.28. The fourth-order valence-electron chi connectivity index (χ4n) is 1.40. The van der Waals surface area contributed by atoms with Gasteiger partial charge in [-0.2, -0.15) is 5.10 Å². The van der Waals surface area contributed by atoms with Crippen LogP contribution in [-0.4, -0.2) is 34.3 Å². The van der Waals surface area contributed by atoms with Crippen LogP contribution < -0.4 is 0 Å². The maximum atomic E-state index is 5.44. The number of aromatic nitrogens is 3. The van der Waals surface area contributed by atoms with E-state index >= 15 is 0 Å². The summed E-state index contributed by atoms with van der Waals surface area (Å²) in [5.41, 5.74) is 0. The Hall–Kier alpha value is -0.940. The van der Waals surface area contributed by atoms with Gasteiger partial charge in [0, 0.05) is 13.2 Å². The Kier molecular flexibility index (Phi) is 4.71. The zero-order chi connectivity index (χ0) is 11.3. The Morgan fingerprint density at radius 1 is 1.20 bits per heavy atom. The van der Waals surface area contributed by atoms with E-state index in [4.69, 9.17) is 9.47 Å². The summed E-state index contributed by atoms with van der Waals surface area (Å²) in [5, 5.41) is 4.26. The largest absolute Gasteiger partial charge is 0.351 e.